The Labute approximate surface area is 109 Å². The lowest BCUT2D eigenvalue weighted by atomic mass is 10.1. The lowest BCUT2D eigenvalue weighted by molar-refractivity contribution is -0.145. The summed E-state index contributed by atoms with van der Waals surface area (Å²) < 4.78 is 36.9. The van der Waals surface area contributed by atoms with Crippen molar-refractivity contribution in [2.45, 2.75) is 13.1 Å². The van der Waals surface area contributed by atoms with E-state index in [1.54, 1.807) is 31.2 Å². The quantitative estimate of drug-likeness (QED) is 0.808. The molecule has 0 radical (unpaired) electrons. The van der Waals surface area contributed by atoms with Crippen molar-refractivity contribution in [3.63, 3.8) is 0 Å². The lowest BCUT2D eigenvalue weighted by Gasteiger charge is -2.21. The molecule has 1 rings (SSSR count). The van der Waals surface area contributed by atoms with Crippen LogP contribution in [0.25, 0.3) is 0 Å². The summed E-state index contributed by atoms with van der Waals surface area (Å²) in [4.78, 5) is 12.8. The number of halogens is 3. The monoisotopic (exact) mass is 275 g/mol. The molecule has 0 aliphatic rings. The number of ketones is 1. The van der Waals surface area contributed by atoms with E-state index < -0.39 is 19.3 Å². The molecule has 6 heteroatoms. The molecule has 19 heavy (non-hydrogen) atoms. The first-order valence-electron chi connectivity index (χ1n) is 5.81. The first-order valence-corrected chi connectivity index (χ1v) is 5.81. The zero-order chi connectivity index (χ0) is 14.5. The Bertz CT molecular complexity index is 432. The van der Waals surface area contributed by atoms with Gasteiger partial charge in [-0.1, -0.05) is 23.8 Å². The van der Waals surface area contributed by atoms with Gasteiger partial charge in [-0.2, -0.15) is 13.2 Å². The zero-order valence-corrected chi connectivity index (χ0v) is 10.6. The maximum atomic E-state index is 12.3. The van der Waals surface area contributed by atoms with E-state index in [1.165, 1.54) is 0 Å². The minimum atomic E-state index is -4.39. The number of carbonyl (C=O) groups excluding carboxylic acids is 1. The highest BCUT2D eigenvalue weighted by atomic mass is 19.4. The van der Waals surface area contributed by atoms with E-state index >= 15 is 0 Å². The summed E-state index contributed by atoms with van der Waals surface area (Å²) in [5, 5.41) is 8.74. The van der Waals surface area contributed by atoms with Crippen molar-refractivity contribution in [1.29, 1.82) is 0 Å². The molecule has 0 heterocycles. The summed E-state index contributed by atoms with van der Waals surface area (Å²) in [6.07, 6.45) is -4.39. The topological polar surface area (TPSA) is 40.5 Å². The third-order valence-electron chi connectivity index (χ3n) is 2.53. The van der Waals surface area contributed by atoms with Crippen molar-refractivity contribution >= 4 is 5.78 Å². The van der Waals surface area contributed by atoms with Gasteiger partial charge in [-0.15, -0.1) is 0 Å². The lowest BCUT2D eigenvalue weighted by Crippen LogP contribution is -2.39. The van der Waals surface area contributed by atoms with Gasteiger partial charge in [-0.25, -0.2) is 0 Å². The molecule has 0 aliphatic carbocycles. The molecule has 1 aromatic carbocycles. The molecule has 1 N–H and O–H groups in total. The van der Waals surface area contributed by atoms with Gasteiger partial charge in [0.2, 0.25) is 0 Å². The third-order valence-corrected chi connectivity index (χ3v) is 2.53. The number of aliphatic hydroxyl groups excluding tert-OH is 1. The van der Waals surface area contributed by atoms with Gasteiger partial charge in [-0.3, -0.25) is 9.69 Å². The molecule has 1 aromatic rings. The van der Waals surface area contributed by atoms with Crippen LogP contribution in [0.2, 0.25) is 0 Å². The van der Waals surface area contributed by atoms with Crippen LogP contribution in [0.4, 0.5) is 13.2 Å². The van der Waals surface area contributed by atoms with Gasteiger partial charge in [0, 0.05) is 12.1 Å². The minimum absolute atomic E-state index is 0.183. The molecule has 0 atom stereocenters. The molecular weight excluding hydrogens is 259 g/mol. The maximum absolute atomic E-state index is 12.3. The van der Waals surface area contributed by atoms with Gasteiger partial charge in [0.15, 0.2) is 5.78 Å². The fourth-order valence-electron chi connectivity index (χ4n) is 1.72. The molecule has 0 aromatic heterocycles. The van der Waals surface area contributed by atoms with Crippen LogP contribution in [0.5, 0.6) is 0 Å². The second-order valence-electron chi connectivity index (χ2n) is 4.34. The van der Waals surface area contributed by atoms with Crippen molar-refractivity contribution in [3.05, 3.63) is 35.4 Å². The molecule has 0 saturated heterocycles. The molecule has 3 nitrogen and oxygen atoms in total. The molecule has 0 spiro atoms. The van der Waals surface area contributed by atoms with Crippen LogP contribution < -0.4 is 0 Å². The smallest absolute Gasteiger partial charge is 0.395 e. The van der Waals surface area contributed by atoms with E-state index in [0.717, 1.165) is 10.5 Å². The van der Waals surface area contributed by atoms with Crippen molar-refractivity contribution < 1.29 is 23.1 Å². The number of aryl methyl sites for hydroxylation is 1. The predicted octanol–water partition coefficient (Wildman–Crippen LogP) is 2.03. The summed E-state index contributed by atoms with van der Waals surface area (Å²) in [5.41, 5.74) is 1.25. The Morgan fingerprint density at radius 3 is 2.58 bits per heavy atom. The highest BCUT2D eigenvalue weighted by molar-refractivity contribution is 5.97. The number of nitrogens with zero attached hydrogens (tertiary/aromatic N) is 1. The van der Waals surface area contributed by atoms with E-state index in [0.29, 0.717) is 5.56 Å². The fraction of sp³-hybridized carbons (Fsp3) is 0.462. The van der Waals surface area contributed by atoms with E-state index in [-0.39, 0.29) is 18.9 Å². The number of alkyl halides is 3. The Morgan fingerprint density at radius 1 is 1.37 bits per heavy atom. The molecule has 0 aliphatic heterocycles. The Kier molecular flexibility index (Phi) is 5.50. The molecule has 0 bridgehead atoms. The standard InChI is InChI=1S/C13H16F3NO2/c1-10-3-2-4-11(7-10)12(19)8-17(5-6-18)9-13(14,15)16/h2-4,7,18H,5-6,8-9H2,1H3. The summed E-state index contributed by atoms with van der Waals surface area (Å²) in [5.74, 6) is -0.388. The van der Waals surface area contributed by atoms with Crippen LogP contribution in [0, 0.1) is 6.92 Å². The van der Waals surface area contributed by atoms with Crippen molar-refractivity contribution in [1.82, 2.24) is 4.90 Å². The van der Waals surface area contributed by atoms with E-state index in [1.807, 2.05) is 0 Å². The number of carbonyl (C=O) groups is 1. The largest absolute Gasteiger partial charge is 0.401 e. The number of benzene rings is 1. The minimum Gasteiger partial charge on any atom is -0.395 e. The highest BCUT2D eigenvalue weighted by Gasteiger charge is 2.31. The number of aliphatic hydroxyl groups is 1. The first kappa shape index (κ1) is 15.7. The third kappa shape index (κ3) is 5.85. The van der Waals surface area contributed by atoms with E-state index in [2.05, 4.69) is 0 Å². The van der Waals surface area contributed by atoms with Gasteiger partial charge in [0.25, 0.3) is 0 Å². The molecule has 106 valence electrons. The summed E-state index contributed by atoms with van der Waals surface area (Å²) in [6.45, 7) is -0.360. The molecule has 0 unspecified atom stereocenters. The van der Waals surface area contributed by atoms with Crippen LogP contribution in [-0.4, -0.2) is 48.2 Å². The SMILES string of the molecule is Cc1cccc(C(=O)CN(CCO)CC(F)(F)F)c1. The van der Waals surface area contributed by atoms with E-state index in [9.17, 15) is 18.0 Å². The molecule has 0 fully saturated rings. The normalized spacial score (nSPS) is 11.9. The molecular formula is C13H16F3NO2. The highest BCUT2D eigenvalue weighted by Crippen LogP contribution is 2.16. The van der Waals surface area contributed by atoms with Crippen molar-refractivity contribution in [2.75, 3.05) is 26.2 Å². The first-order chi connectivity index (χ1) is 8.81. The van der Waals surface area contributed by atoms with Crippen LogP contribution in [-0.2, 0) is 0 Å². The van der Waals surface area contributed by atoms with Crippen LogP contribution in [0.3, 0.4) is 0 Å². The molecule has 0 saturated carbocycles. The number of rotatable bonds is 6. The molecule has 0 amide bonds. The van der Waals surface area contributed by atoms with Gasteiger partial charge in [-0.05, 0) is 13.0 Å². The van der Waals surface area contributed by atoms with Gasteiger partial charge in [0.05, 0.1) is 19.7 Å². The number of hydrogen-bond acceptors (Lipinski definition) is 3. The second kappa shape index (κ2) is 6.68. The Morgan fingerprint density at radius 2 is 2.05 bits per heavy atom. The Hall–Kier alpha value is -1.40. The number of Topliss-reactive ketones (excluding diaryl/α,β-unsaturated/α-hetero) is 1. The van der Waals surface area contributed by atoms with Gasteiger partial charge in [0.1, 0.15) is 0 Å². The van der Waals surface area contributed by atoms with Crippen LogP contribution in [0.1, 0.15) is 15.9 Å². The fourth-order valence-corrected chi connectivity index (χ4v) is 1.72. The van der Waals surface area contributed by atoms with Gasteiger partial charge >= 0.3 is 6.18 Å². The van der Waals surface area contributed by atoms with Crippen molar-refractivity contribution in [3.8, 4) is 0 Å². The average molecular weight is 275 g/mol. The predicted molar refractivity (Wildman–Crippen MR) is 65.1 cm³/mol. The van der Waals surface area contributed by atoms with Gasteiger partial charge < -0.3 is 5.11 Å². The zero-order valence-electron chi connectivity index (χ0n) is 10.6. The summed E-state index contributed by atoms with van der Waals surface area (Å²) in [7, 11) is 0. The van der Waals surface area contributed by atoms with Crippen LogP contribution in [0.15, 0.2) is 24.3 Å². The van der Waals surface area contributed by atoms with E-state index in [4.69, 9.17) is 5.11 Å². The second-order valence-corrected chi connectivity index (χ2v) is 4.34. The average Bonchev–Trinajstić information content (AvgIpc) is 2.27. The summed E-state index contributed by atoms with van der Waals surface area (Å²) in [6, 6.07) is 6.69. The number of hydrogen-bond donors (Lipinski definition) is 1. The van der Waals surface area contributed by atoms with Crippen molar-refractivity contribution in [2.24, 2.45) is 0 Å². The van der Waals surface area contributed by atoms with Crippen LogP contribution >= 0.6 is 0 Å². The maximum Gasteiger partial charge on any atom is 0.401 e. The summed E-state index contributed by atoms with van der Waals surface area (Å²) >= 11 is 0. The Balaban J connectivity index is 2.71.